The molecule has 4 heteroatoms. The van der Waals surface area contributed by atoms with Gasteiger partial charge in [0.25, 0.3) is 0 Å². The molecule has 0 saturated carbocycles. The van der Waals surface area contributed by atoms with Crippen molar-refractivity contribution in [2.45, 2.75) is 32.7 Å². The smallest absolute Gasteiger partial charge is 0.224 e. The first kappa shape index (κ1) is 13.2. The number of benzene rings is 1. The minimum atomic E-state index is 0.00907. The van der Waals surface area contributed by atoms with E-state index in [1.807, 2.05) is 32.0 Å². The average molecular weight is 285 g/mol. The monoisotopic (exact) mass is 284 g/mol. The quantitative estimate of drug-likeness (QED) is 0.893. The first-order valence-corrected chi connectivity index (χ1v) is 6.09. The Labute approximate surface area is 105 Å². The topological polar surface area (TPSA) is 55.1 Å². The van der Waals surface area contributed by atoms with Crippen molar-refractivity contribution < 1.29 is 4.79 Å². The first-order valence-electron chi connectivity index (χ1n) is 5.30. The minimum Gasteiger partial charge on any atom is -0.328 e. The SMILES string of the molecule is Cc1cc(Br)cc(NC(=O)CCC(C)N)c1. The van der Waals surface area contributed by atoms with Crippen LogP contribution in [0.25, 0.3) is 0 Å². The summed E-state index contributed by atoms with van der Waals surface area (Å²) in [6.45, 7) is 3.89. The van der Waals surface area contributed by atoms with Crippen LogP contribution in [-0.2, 0) is 4.79 Å². The van der Waals surface area contributed by atoms with E-state index in [4.69, 9.17) is 5.73 Å². The van der Waals surface area contributed by atoms with Gasteiger partial charge in [0, 0.05) is 22.6 Å². The van der Waals surface area contributed by atoms with Gasteiger partial charge in [-0.15, -0.1) is 0 Å². The molecule has 3 nitrogen and oxygen atoms in total. The number of nitrogens with one attached hydrogen (secondary N) is 1. The molecule has 0 aromatic heterocycles. The maximum Gasteiger partial charge on any atom is 0.224 e. The number of anilines is 1. The Hall–Kier alpha value is -0.870. The number of halogens is 1. The van der Waals surface area contributed by atoms with Crippen LogP contribution in [0.4, 0.5) is 5.69 Å². The molecular formula is C12H17BrN2O. The standard InChI is InChI=1S/C12H17BrN2O/c1-8-5-10(13)7-11(6-8)15-12(16)4-3-9(2)14/h5-7,9H,3-4,14H2,1-2H3,(H,15,16). The maximum absolute atomic E-state index is 11.6. The van der Waals surface area contributed by atoms with E-state index in [9.17, 15) is 4.79 Å². The molecule has 1 aromatic carbocycles. The second-order valence-electron chi connectivity index (χ2n) is 4.08. The second-order valence-corrected chi connectivity index (χ2v) is 5.00. The number of hydrogen-bond donors (Lipinski definition) is 2. The van der Waals surface area contributed by atoms with Crippen LogP contribution in [0.15, 0.2) is 22.7 Å². The van der Waals surface area contributed by atoms with Crippen molar-refractivity contribution in [1.82, 2.24) is 0 Å². The summed E-state index contributed by atoms with van der Waals surface area (Å²) in [5.74, 6) is 0.00907. The highest BCUT2D eigenvalue weighted by molar-refractivity contribution is 9.10. The van der Waals surface area contributed by atoms with Crippen LogP contribution >= 0.6 is 15.9 Å². The van der Waals surface area contributed by atoms with Gasteiger partial charge in [0.15, 0.2) is 0 Å². The van der Waals surface area contributed by atoms with Crippen LogP contribution < -0.4 is 11.1 Å². The number of carbonyl (C=O) groups excluding carboxylic acids is 1. The van der Waals surface area contributed by atoms with Crippen molar-refractivity contribution in [3.8, 4) is 0 Å². The van der Waals surface area contributed by atoms with Crippen molar-refractivity contribution in [2.24, 2.45) is 5.73 Å². The van der Waals surface area contributed by atoms with E-state index >= 15 is 0 Å². The van der Waals surface area contributed by atoms with Gasteiger partial charge in [-0.1, -0.05) is 15.9 Å². The van der Waals surface area contributed by atoms with Gasteiger partial charge in [-0.05, 0) is 44.0 Å². The predicted octanol–water partition coefficient (Wildman–Crippen LogP) is 2.82. The normalized spacial score (nSPS) is 12.2. The molecule has 0 bridgehead atoms. The Bertz CT molecular complexity index is 357. The van der Waals surface area contributed by atoms with Crippen LogP contribution in [0.5, 0.6) is 0 Å². The van der Waals surface area contributed by atoms with Crippen LogP contribution in [0, 0.1) is 6.92 Å². The van der Waals surface area contributed by atoms with Crippen molar-refractivity contribution in [3.63, 3.8) is 0 Å². The summed E-state index contributed by atoms with van der Waals surface area (Å²) >= 11 is 3.39. The highest BCUT2D eigenvalue weighted by Gasteiger charge is 2.05. The summed E-state index contributed by atoms with van der Waals surface area (Å²) in [4.78, 5) is 11.6. The zero-order valence-corrected chi connectivity index (χ0v) is 11.2. The van der Waals surface area contributed by atoms with Crippen molar-refractivity contribution >= 4 is 27.5 Å². The molecule has 3 N–H and O–H groups in total. The first-order chi connectivity index (χ1) is 7.47. The lowest BCUT2D eigenvalue weighted by Gasteiger charge is -2.08. The van der Waals surface area contributed by atoms with Crippen LogP contribution in [0.3, 0.4) is 0 Å². The molecule has 0 spiro atoms. The number of nitrogens with two attached hydrogens (primary N) is 1. The Balaban J connectivity index is 2.56. The van der Waals surface area contributed by atoms with Gasteiger partial charge in [-0.3, -0.25) is 4.79 Å². The molecule has 0 heterocycles. The number of carbonyl (C=O) groups is 1. The molecular weight excluding hydrogens is 268 g/mol. The molecule has 1 unspecified atom stereocenters. The summed E-state index contributed by atoms with van der Waals surface area (Å²) in [6.07, 6.45) is 1.17. The number of hydrogen-bond acceptors (Lipinski definition) is 2. The van der Waals surface area contributed by atoms with Crippen molar-refractivity contribution in [1.29, 1.82) is 0 Å². The minimum absolute atomic E-state index is 0.00907. The van der Waals surface area contributed by atoms with Gasteiger partial charge in [-0.25, -0.2) is 0 Å². The molecule has 0 aliphatic heterocycles. The third kappa shape index (κ3) is 4.77. The summed E-state index contributed by atoms with van der Waals surface area (Å²) in [6, 6.07) is 5.89. The lowest BCUT2D eigenvalue weighted by molar-refractivity contribution is -0.116. The average Bonchev–Trinajstić information content (AvgIpc) is 2.12. The van der Waals surface area contributed by atoms with Gasteiger partial charge < -0.3 is 11.1 Å². The number of rotatable bonds is 4. The molecule has 0 fully saturated rings. The van der Waals surface area contributed by atoms with Crippen molar-refractivity contribution in [3.05, 3.63) is 28.2 Å². The molecule has 0 saturated heterocycles. The Morgan fingerprint density at radius 1 is 1.50 bits per heavy atom. The van der Waals surface area contributed by atoms with E-state index < -0.39 is 0 Å². The lowest BCUT2D eigenvalue weighted by atomic mass is 10.2. The molecule has 1 rings (SSSR count). The third-order valence-electron chi connectivity index (χ3n) is 2.15. The fraction of sp³-hybridized carbons (Fsp3) is 0.417. The van der Waals surface area contributed by atoms with Crippen LogP contribution in [0.2, 0.25) is 0 Å². The summed E-state index contributed by atoms with van der Waals surface area (Å²) in [5, 5.41) is 2.85. The van der Waals surface area contributed by atoms with Gasteiger partial charge in [0.05, 0.1) is 0 Å². The van der Waals surface area contributed by atoms with Crippen molar-refractivity contribution in [2.75, 3.05) is 5.32 Å². The molecule has 88 valence electrons. The molecule has 1 amide bonds. The van der Waals surface area contributed by atoms with E-state index in [1.54, 1.807) is 0 Å². The molecule has 0 radical (unpaired) electrons. The molecule has 16 heavy (non-hydrogen) atoms. The van der Waals surface area contributed by atoms with Crippen LogP contribution in [0.1, 0.15) is 25.3 Å². The third-order valence-corrected chi connectivity index (χ3v) is 2.61. The van der Waals surface area contributed by atoms with E-state index in [-0.39, 0.29) is 11.9 Å². The van der Waals surface area contributed by atoms with Gasteiger partial charge in [0.1, 0.15) is 0 Å². The Morgan fingerprint density at radius 2 is 2.19 bits per heavy atom. The Kier molecular flexibility index (Phi) is 4.96. The summed E-state index contributed by atoms with van der Waals surface area (Å²) in [5.41, 5.74) is 7.52. The zero-order chi connectivity index (χ0) is 12.1. The fourth-order valence-electron chi connectivity index (χ4n) is 1.39. The highest BCUT2D eigenvalue weighted by atomic mass is 79.9. The largest absolute Gasteiger partial charge is 0.328 e. The Morgan fingerprint density at radius 3 is 2.75 bits per heavy atom. The van der Waals surface area contributed by atoms with E-state index in [0.717, 1.165) is 15.7 Å². The summed E-state index contributed by atoms with van der Waals surface area (Å²) in [7, 11) is 0. The van der Waals surface area contributed by atoms with E-state index in [1.165, 1.54) is 0 Å². The molecule has 0 aliphatic rings. The van der Waals surface area contributed by atoms with Crippen LogP contribution in [-0.4, -0.2) is 11.9 Å². The van der Waals surface area contributed by atoms with Gasteiger partial charge in [0.2, 0.25) is 5.91 Å². The van der Waals surface area contributed by atoms with E-state index in [2.05, 4.69) is 21.2 Å². The highest BCUT2D eigenvalue weighted by Crippen LogP contribution is 2.19. The van der Waals surface area contributed by atoms with Gasteiger partial charge in [-0.2, -0.15) is 0 Å². The van der Waals surface area contributed by atoms with Gasteiger partial charge >= 0.3 is 0 Å². The number of amides is 1. The predicted molar refractivity (Wildman–Crippen MR) is 70.4 cm³/mol. The lowest BCUT2D eigenvalue weighted by Crippen LogP contribution is -2.19. The second kappa shape index (κ2) is 6.01. The van der Waals surface area contributed by atoms with E-state index in [0.29, 0.717) is 12.8 Å². The summed E-state index contributed by atoms with van der Waals surface area (Å²) < 4.78 is 0.968. The molecule has 0 aliphatic carbocycles. The molecule has 1 atom stereocenters. The zero-order valence-electron chi connectivity index (χ0n) is 9.59. The fourth-order valence-corrected chi connectivity index (χ4v) is 2.00. The number of aryl methyl sites for hydroxylation is 1. The maximum atomic E-state index is 11.6. The molecule has 1 aromatic rings.